The van der Waals surface area contributed by atoms with E-state index in [4.69, 9.17) is 0 Å². The largest absolute Gasteiger partial charge is 0.320 e. The molecule has 1 fully saturated rings. The first-order chi connectivity index (χ1) is 7.37. The lowest BCUT2D eigenvalue weighted by Gasteiger charge is -2.37. The van der Waals surface area contributed by atoms with E-state index in [0.717, 1.165) is 19.4 Å². The van der Waals surface area contributed by atoms with Gasteiger partial charge in [0.2, 0.25) is 10.0 Å². The van der Waals surface area contributed by atoms with E-state index in [1.807, 2.05) is 7.05 Å². The Morgan fingerprint density at radius 2 is 2.06 bits per heavy atom. The number of piperidine rings is 1. The molecule has 5 heteroatoms. The van der Waals surface area contributed by atoms with Gasteiger partial charge in [-0.15, -0.1) is 0 Å². The predicted octanol–water partition coefficient (Wildman–Crippen LogP) is 1.05. The van der Waals surface area contributed by atoms with Gasteiger partial charge in [0.05, 0.1) is 5.75 Å². The Labute approximate surface area is 99.5 Å². The number of sulfonamides is 1. The highest BCUT2D eigenvalue weighted by atomic mass is 32.2. The van der Waals surface area contributed by atoms with Crippen molar-refractivity contribution in [3.05, 3.63) is 0 Å². The van der Waals surface area contributed by atoms with Crippen LogP contribution in [-0.2, 0) is 10.0 Å². The van der Waals surface area contributed by atoms with Crippen molar-refractivity contribution in [3.8, 4) is 0 Å². The summed E-state index contributed by atoms with van der Waals surface area (Å²) in [5.74, 6) is 0.268. The van der Waals surface area contributed by atoms with Gasteiger partial charge in [-0.1, -0.05) is 13.8 Å². The van der Waals surface area contributed by atoms with Crippen molar-refractivity contribution in [1.82, 2.24) is 9.62 Å². The zero-order chi connectivity index (χ0) is 12.2. The van der Waals surface area contributed by atoms with E-state index < -0.39 is 10.0 Å². The average Bonchev–Trinajstić information content (AvgIpc) is 2.16. The maximum absolute atomic E-state index is 12.0. The third-order valence-electron chi connectivity index (χ3n) is 3.09. The number of hydrogen-bond acceptors (Lipinski definition) is 3. The van der Waals surface area contributed by atoms with Gasteiger partial charge in [-0.25, -0.2) is 12.7 Å². The van der Waals surface area contributed by atoms with Gasteiger partial charge < -0.3 is 5.32 Å². The topological polar surface area (TPSA) is 49.4 Å². The van der Waals surface area contributed by atoms with E-state index in [0.29, 0.717) is 19.5 Å². The van der Waals surface area contributed by atoms with Crippen molar-refractivity contribution < 1.29 is 8.42 Å². The molecule has 0 radical (unpaired) electrons. The number of rotatable bonds is 5. The van der Waals surface area contributed by atoms with Gasteiger partial charge in [0.25, 0.3) is 0 Å². The number of hydrogen-bond donors (Lipinski definition) is 1. The Kier molecular flexibility index (Phi) is 4.76. The SMILES string of the molecule is CNCCCS(=O)(=O)N1CCCC(C)(C)C1. The van der Waals surface area contributed by atoms with Crippen molar-refractivity contribution in [2.24, 2.45) is 5.41 Å². The average molecular weight is 248 g/mol. The third kappa shape index (κ3) is 4.03. The van der Waals surface area contributed by atoms with Crippen LogP contribution in [0.1, 0.15) is 33.1 Å². The lowest BCUT2D eigenvalue weighted by Crippen LogP contribution is -2.44. The minimum Gasteiger partial charge on any atom is -0.320 e. The van der Waals surface area contributed by atoms with Gasteiger partial charge in [0.1, 0.15) is 0 Å². The first kappa shape index (κ1) is 13.9. The van der Waals surface area contributed by atoms with Gasteiger partial charge in [0.15, 0.2) is 0 Å². The van der Waals surface area contributed by atoms with Crippen LogP contribution in [0.4, 0.5) is 0 Å². The highest BCUT2D eigenvalue weighted by molar-refractivity contribution is 7.89. The normalized spacial score (nSPS) is 22.2. The van der Waals surface area contributed by atoms with Crippen LogP contribution in [0.5, 0.6) is 0 Å². The molecule has 0 aromatic heterocycles. The molecule has 0 unspecified atom stereocenters. The van der Waals surface area contributed by atoms with E-state index in [1.54, 1.807) is 4.31 Å². The van der Waals surface area contributed by atoms with Gasteiger partial charge in [0, 0.05) is 13.1 Å². The lowest BCUT2D eigenvalue weighted by molar-refractivity contribution is 0.187. The van der Waals surface area contributed by atoms with Crippen molar-refractivity contribution >= 4 is 10.0 Å². The van der Waals surface area contributed by atoms with E-state index in [9.17, 15) is 8.42 Å². The molecule has 1 aliphatic rings. The zero-order valence-electron chi connectivity index (χ0n) is 10.6. The maximum Gasteiger partial charge on any atom is 0.214 e. The molecule has 1 heterocycles. The Morgan fingerprint density at radius 1 is 1.38 bits per heavy atom. The minimum atomic E-state index is -3.03. The Bertz CT molecular complexity index is 312. The highest BCUT2D eigenvalue weighted by Gasteiger charge is 2.32. The fourth-order valence-electron chi connectivity index (χ4n) is 2.17. The summed E-state index contributed by atoms with van der Waals surface area (Å²) in [7, 11) is -1.19. The molecule has 0 saturated carbocycles. The number of nitrogens with one attached hydrogen (secondary N) is 1. The Hall–Kier alpha value is -0.130. The van der Waals surface area contributed by atoms with Crippen LogP contribution < -0.4 is 5.32 Å². The molecule has 0 spiro atoms. The molecule has 0 amide bonds. The summed E-state index contributed by atoms with van der Waals surface area (Å²) in [6, 6.07) is 0. The van der Waals surface area contributed by atoms with Gasteiger partial charge in [-0.2, -0.15) is 0 Å². The molecular formula is C11H24N2O2S. The second kappa shape index (κ2) is 5.47. The van der Waals surface area contributed by atoms with Crippen LogP contribution in [-0.4, -0.2) is 45.2 Å². The van der Waals surface area contributed by atoms with Crippen LogP contribution in [0.3, 0.4) is 0 Å². The maximum atomic E-state index is 12.0. The fraction of sp³-hybridized carbons (Fsp3) is 1.00. The van der Waals surface area contributed by atoms with E-state index in [-0.39, 0.29) is 11.2 Å². The summed E-state index contributed by atoms with van der Waals surface area (Å²) < 4.78 is 25.8. The molecule has 1 N–H and O–H groups in total. The summed E-state index contributed by atoms with van der Waals surface area (Å²) >= 11 is 0. The third-order valence-corrected chi connectivity index (χ3v) is 4.99. The van der Waals surface area contributed by atoms with Crippen molar-refractivity contribution in [2.45, 2.75) is 33.1 Å². The van der Waals surface area contributed by atoms with E-state index in [1.165, 1.54) is 0 Å². The molecule has 0 atom stereocenters. The lowest BCUT2D eigenvalue weighted by atomic mass is 9.85. The van der Waals surface area contributed by atoms with Crippen molar-refractivity contribution in [3.63, 3.8) is 0 Å². The molecule has 1 rings (SSSR count). The summed E-state index contributed by atoms with van der Waals surface area (Å²) in [5.41, 5.74) is 0.133. The van der Waals surface area contributed by atoms with E-state index >= 15 is 0 Å². The molecule has 96 valence electrons. The molecule has 0 aromatic rings. The van der Waals surface area contributed by atoms with Crippen LogP contribution in [0, 0.1) is 5.41 Å². The molecule has 0 bridgehead atoms. The molecule has 4 nitrogen and oxygen atoms in total. The molecule has 1 aliphatic heterocycles. The first-order valence-electron chi connectivity index (χ1n) is 6.00. The second-order valence-corrected chi connectivity index (χ2v) is 7.46. The highest BCUT2D eigenvalue weighted by Crippen LogP contribution is 2.29. The van der Waals surface area contributed by atoms with Crippen LogP contribution in [0.25, 0.3) is 0 Å². The quantitative estimate of drug-likeness (QED) is 0.740. The van der Waals surface area contributed by atoms with Gasteiger partial charge in [-0.05, 0) is 38.3 Å². The summed E-state index contributed by atoms with van der Waals surface area (Å²) in [6.07, 6.45) is 2.80. The standard InChI is InChI=1S/C11H24N2O2S/c1-11(2)6-4-8-13(10-11)16(14,15)9-5-7-12-3/h12H,4-10H2,1-3H3. The summed E-state index contributed by atoms with van der Waals surface area (Å²) in [5, 5.41) is 2.98. The molecule has 0 aromatic carbocycles. The molecule has 1 saturated heterocycles. The van der Waals surface area contributed by atoms with Crippen LogP contribution >= 0.6 is 0 Å². The molecule has 0 aliphatic carbocycles. The number of nitrogens with zero attached hydrogens (tertiary/aromatic N) is 1. The monoisotopic (exact) mass is 248 g/mol. The van der Waals surface area contributed by atoms with Crippen molar-refractivity contribution in [1.29, 1.82) is 0 Å². The smallest absolute Gasteiger partial charge is 0.214 e. The minimum absolute atomic E-state index is 0.133. The summed E-state index contributed by atoms with van der Waals surface area (Å²) in [4.78, 5) is 0. The van der Waals surface area contributed by atoms with Crippen LogP contribution in [0.15, 0.2) is 0 Å². The zero-order valence-corrected chi connectivity index (χ0v) is 11.4. The Morgan fingerprint density at radius 3 is 2.62 bits per heavy atom. The Balaban J connectivity index is 2.54. The molecule has 16 heavy (non-hydrogen) atoms. The van der Waals surface area contributed by atoms with Gasteiger partial charge in [-0.3, -0.25) is 0 Å². The second-order valence-electron chi connectivity index (χ2n) is 5.37. The first-order valence-corrected chi connectivity index (χ1v) is 7.61. The van der Waals surface area contributed by atoms with Gasteiger partial charge >= 0.3 is 0 Å². The molecular weight excluding hydrogens is 224 g/mol. The fourth-order valence-corrected chi connectivity index (χ4v) is 3.89. The van der Waals surface area contributed by atoms with Crippen molar-refractivity contribution in [2.75, 3.05) is 32.4 Å². The predicted molar refractivity (Wildman–Crippen MR) is 66.9 cm³/mol. The van der Waals surface area contributed by atoms with E-state index in [2.05, 4.69) is 19.2 Å². The summed E-state index contributed by atoms with van der Waals surface area (Å²) in [6.45, 7) is 6.42. The van der Waals surface area contributed by atoms with Crippen LogP contribution in [0.2, 0.25) is 0 Å².